The summed E-state index contributed by atoms with van der Waals surface area (Å²) in [4.78, 5) is 49.0. The van der Waals surface area contributed by atoms with Crippen molar-refractivity contribution in [3.05, 3.63) is 68.5 Å². The molecule has 33 heavy (non-hydrogen) atoms. The van der Waals surface area contributed by atoms with Gasteiger partial charge in [0.25, 0.3) is 5.91 Å². The van der Waals surface area contributed by atoms with Crippen molar-refractivity contribution in [3.63, 3.8) is 0 Å². The molecule has 174 valence electrons. The molecule has 0 fully saturated rings. The largest absolute Gasteiger partial charge is 0.463 e. The summed E-state index contributed by atoms with van der Waals surface area (Å²) in [6.07, 6.45) is -0.0787. The van der Waals surface area contributed by atoms with Crippen LogP contribution in [0.4, 0.5) is 4.79 Å². The summed E-state index contributed by atoms with van der Waals surface area (Å²) in [7, 11) is 0. The minimum Gasteiger partial charge on any atom is -0.463 e. The fourth-order valence-electron chi connectivity index (χ4n) is 3.09. The molecular formula is C22H22ClN3O6S. The minimum absolute atomic E-state index is 0.0787. The number of amides is 3. The number of rotatable bonds is 9. The van der Waals surface area contributed by atoms with Crippen molar-refractivity contribution >= 4 is 46.8 Å². The molecule has 3 N–H and O–H groups in total. The zero-order valence-electron chi connectivity index (χ0n) is 17.7. The molecule has 0 saturated heterocycles. The Kier molecular flexibility index (Phi) is 8.45. The number of halogens is 1. The van der Waals surface area contributed by atoms with Crippen LogP contribution in [0.3, 0.4) is 0 Å². The predicted molar refractivity (Wildman–Crippen MR) is 122 cm³/mol. The Morgan fingerprint density at radius 3 is 2.58 bits per heavy atom. The Morgan fingerprint density at radius 1 is 1.15 bits per heavy atom. The first-order valence-corrected chi connectivity index (χ1v) is 11.4. The molecule has 1 aromatic carbocycles. The Labute approximate surface area is 199 Å². The second-order valence-electron chi connectivity index (χ2n) is 6.87. The summed E-state index contributed by atoms with van der Waals surface area (Å²) in [5.41, 5.74) is 1.37. The molecule has 0 aliphatic carbocycles. The Balaban J connectivity index is 1.68. The minimum atomic E-state index is -0.811. The molecule has 1 aromatic heterocycles. The van der Waals surface area contributed by atoms with Gasteiger partial charge in [-0.25, -0.2) is 9.59 Å². The first kappa shape index (κ1) is 24.3. The van der Waals surface area contributed by atoms with Gasteiger partial charge in [-0.1, -0.05) is 23.7 Å². The highest BCUT2D eigenvalue weighted by Crippen LogP contribution is 2.28. The number of hydrogen-bond donors (Lipinski definition) is 3. The smallest absolute Gasteiger partial charge is 0.338 e. The predicted octanol–water partition coefficient (Wildman–Crippen LogP) is 2.94. The molecular weight excluding hydrogens is 470 g/mol. The third kappa shape index (κ3) is 6.56. The molecule has 3 amide bonds. The maximum absolute atomic E-state index is 12.7. The molecule has 1 atom stereocenters. The number of ether oxygens (including phenoxy) is 2. The molecule has 1 aliphatic rings. The van der Waals surface area contributed by atoms with Crippen molar-refractivity contribution in [2.75, 3.05) is 19.8 Å². The van der Waals surface area contributed by atoms with Gasteiger partial charge in [0.1, 0.15) is 6.61 Å². The molecule has 0 bridgehead atoms. The summed E-state index contributed by atoms with van der Waals surface area (Å²) >= 11 is 7.34. The molecule has 1 unspecified atom stereocenters. The van der Waals surface area contributed by atoms with Crippen molar-refractivity contribution in [2.24, 2.45) is 0 Å². The molecule has 0 saturated carbocycles. The van der Waals surface area contributed by atoms with Crippen LogP contribution in [0.2, 0.25) is 5.02 Å². The van der Waals surface area contributed by atoms with Crippen molar-refractivity contribution in [2.45, 2.75) is 19.4 Å². The maximum Gasteiger partial charge on any atom is 0.338 e. The van der Waals surface area contributed by atoms with Gasteiger partial charge >= 0.3 is 18.0 Å². The summed E-state index contributed by atoms with van der Waals surface area (Å²) < 4.78 is 10.4. The maximum atomic E-state index is 12.7. The highest BCUT2D eigenvalue weighted by molar-refractivity contribution is 7.08. The number of thiophene rings is 1. The van der Waals surface area contributed by atoms with Crippen LogP contribution in [0.1, 0.15) is 35.3 Å². The fourth-order valence-corrected chi connectivity index (χ4v) is 3.85. The summed E-state index contributed by atoms with van der Waals surface area (Å²) in [5, 5.41) is 11.8. The summed E-state index contributed by atoms with van der Waals surface area (Å²) in [5.74, 6) is -1.54. The first-order chi connectivity index (χ1) is 15.9. The average molecular weight is 492 g/mol. The zero-order chi connectivity index (χ0) is 23.8. The third-order valence-electron chi connectivity index (χ3n) is 4.63. The number of carbonyl (C=O) groups is 4. The molecule has 2 heterocycles. The van der Waals surface area contributed by atoms with Crippen LogP contribution in [-0.4, -0.2) is 43.6 Å². The van der Waals surface area contributed by atoms with Gasteiger partial charge in [-0.3, -0.25) is 9.59 Å². The van der Waals surface area contributed by atoms with E-state index in [4.69, 9.17) is 21.1 Å². The highest BCUT2D eigenvalue weighted by Gasteiger charge is 2.34. The van der Waals surface area contributed by atoms with Crippen LogP contribution in [-0.2, 0) is 19.1 Å². The van der Waals surface area contributed by atoms with Gasteiger partial charge in [-0.2, -0.15) is 11.3 Å². The van der Waals surface area contributed by atoms with Crippen LogP contribution in [0.25, 0.3) is 0 Å². The van der Waals surface area contributed by atoms with Gasteiger partial charge in [0.15, 0.2) is 0 Å². The van der Waals surface area contributed by atoms with Gasteiger partial charge < -0.3 is 25.4 Å². The molecule has 0 radical (unpaired) electrons. The van der Waals surface area contributed by atoms with Gasteiger partial charge in [0.2, 0.25) is 0 Å². The lowest BCUT2D eigenvalue weighted by atomic mass is 9.95. The third-order valence-corrected chi connectivity index (χ3v) is 5.56. The van der Waals surface area contributed by atoms with E-state index in [-0.39, 0.29) is 43.4 Å². The lowest BCUT2D eigenvalue weighted by Gasteiger charge is -2.29. The van der Waals surface area contributed by atoms with Crippen molar-refractivity contribution in [3.8, 4) is 0 Å². The van der Waals surface area contributed by atoms with Crippen LogP contribution in [0.5, 0.6) is 0 Å². The lowest BCUT2D eigenvalue weighted by Crippen LogP contribution is -2.47. The fraction of sp³-hybridized carbons (Fsp3) is 0.273. The normalized spacial score (nSPS) is 15.3. The molecule has 3 rings (SSSR count). The Bertz CT molecular complexity index is 1050. The van der Waals surface area contributed by atoms with Crippen molar-refractivity contribution < 1.29 is 28.7 Å². The van der Waals surface area contributed by atoms with E-state index in [9.17, 15) is 19.2 Å². The van der Waals surface area contributed by atoms with E-state index in [0.717, 1.165) is 0 Å². The number of esters is 2. The SMILES string of the molecule is CCOC(=O)C1=C(COC(=O)CCNC(=O)c2ccsc2)NC(=O)NC1c1ccc(Cl)cc1. The summed E-state index contributed by atoms with van der Waals surface area (Å²) in [6, 6.07) is 6.94. The molecule has 1 aliphatic heterocycles. The van der Waals surface area contributed by atoms with Gasteiger partial charge in [0.05, 0.1) is 30.3 Å². The van der Waals surface area contributed by atoms with E-state index in [1.807, 2.05) is 0 Å². The average Bonchev–Trinajstić information content (AvgIpc) is 3.33. The van der Waals surface area contributed by atoms with E-state index >= 15 is 0 Å². The number of carbonyl (C=O) groups excluding carboxylic acids is 4. The number of nitrogens with one attached hydrogen (secondary N) is 3. The summed E-state index contributed by atoms with van der Waals surface area (Å²) in [6.45, 7) is 1.52. The second kappa shape index (κ2) is 11.5. The van der Waals surface area contributed by atoms with Gasteiger partial charge in [0, 0.05) is 22.5 Å². The zero-order valence-corrected chi connectivity index (χ0v) is 19.3. The molecule has 11 heteroatoms. The molecule has 0 spiro atoms. The van der Waals surface area contributed by atoms with Crippen molar-refractivity contribution in [1.82, 2.24) is 16.0 Å². The van der Waals surface area contributed by atoms with E-state index in [1.165, 1.54) is 11.3 Å². The van der Waals surface area contributed by atoms with Crippen LogP contribution >= 0.6 is 22.9 Å². The molecule has 9 nitrogen and oxygen atoms in total. The number of hydrogen-bond acceptors (Lipinski definition) is 7. The first-order valence-electron chi connectivity index (χ1n) is 10.1. The standard InChI is InChI=1S/C22H22ClN3O6S/c1-2-31-21(29)18-16(25-22(30)26-19(18)13-3-5-15(23)6-4-13)11-32-17(27)7-9-24-20(28)14-8-10-33-12-14/h3-6,8,10,12,19H,2,7,9,11H2,1H3,(H,24,28)(H2,25,26,30). The van der Waals surface area contributed by atoms with Crippen molar-refractivity contribution in [1.29, 1.82) is 0 Å². The molecule has 2 aromatic rings. The second-order valence-corrected chi connectivity index (χ2v) is 8.09. The highest BCUT2D eigenvalue weighted by atomic mass is 35.5. The number of benzene rings is 1. The van der Waals surface area contributed by atoms with E-state index in [2.05, 4.69) is 16.0 Å². The quantitative estimate of drug-likeness (QED) is 0.463. The monoisotopic (exact) mass is 491 g/mol. The Morgan fingerprint density at radius 2 is 1.91 bits per heavy atom. The Hall–Kier alpha value is -3.37. The van der Waals surface area contributed by atoms with E-state index in [1.54, 1.807) is 48.0 Å². The van der Waals surface area contributed by atoms with Crippen LogP contribution < -0.4 is 16.0 Å². The van der Waals surface area contributed by atoms with Gasteiger partial charge in [-0.15, -0.1) is 0 Å². The van der Waals surface area contributed by atoms with Gasteiger partial charge in [-0.05, 0) is 36.1 Å². The van der Waals surface area contributed by atoms with E-state index in [0.29, 0.717) is 16.1 Å². The topological polar surface area (TPSA) is 123 Å². The lowest BCUT2D eigenvalue weighted by molar-refractivity contribution is -0.143. The van der Waals surface area contributed by atoms with E-state index < -0.39 is 24.0 Å². The number of urea groups is 1. The van der Waals surface area contributed by atoms with Crippen LogP contribution in [0, 0.1) is 0 Å². The van der Waals surface area contributed by atoms with Crippen LogP contribution in [0.15, 0.2) is 52.4 Å².